The van der Waals surface area contributed by atoms with Gasteiger partial charge in [-0.05, 0) is 47.2 Å². The third kappa shape index (κ3) is 2.67. The van der Waals surface area contributed by atoms with E-state index in [1.54, 1.807) is 0 Å². The summed E-state index contributed by atoms with van der Waals surface area (Å²) in [6.07, 6.45) is 5.90. The maximum Gasteiger partial charge on any atom is 0.0487 e. The summed E-state index contributed by atoms with van der Waals surface area (Å²) in [7, 11) is 2.68. The molecule has 0 amide bonds. The molecule has 16 heavy (non-hydrogen) atoms. The van der Waals surface area contributed by atoms with E-state index in [0.29, 0.717) is 5.41 Å². The number of allylic oxidation sites excluding steroid dienone is 2. The molecule has 0 aromatic heterocycles. The van der Waals surface area contributed by atoms with Crippen LogP contribution in [0.15, 0.2) is 24.3 Å². The summed E-state index contributed by atoms with van der Waals surface area (Å²) in [5.41, 5.74) is 3.08. The van der Waals surface area contributed by atoms with Crippen molar-refractivity contribution in [3.8, 4) is 0 Å². The smallest absolute Gasteiger partial charge is 0.0487 e. The first-order valence-corrected chi connectivity index (χ1v) is 6.68. The third-order valence-corrected chi connectivity index (χ3v) is 3.98. The molecule has 0 bridgehead atoms. The van der Waals surface area contributed by atoms with E-state index in [1.165, 1.54) is 17.6 Å². The van der Waals surface area contributed by atoms with Crippen LogP contribution >= 0.6 is 20.8 Å². The molecule has 1 atom stereocenters. The molecular weight excluding hydrogens is 235 g/mol. The van der Waals surface area contributed by atoms with Gasteiger partial charge in [-0.15, -0.1) is 9.24 Å². The van der Waals surface area contributed by atoms with Gasteiger partial charge >= 0.3 is 0 Å². The summed E-state index contributed by atoms with van der Waals surface area (Å²) in [6.45, 7) is 4.65. The number of benzene rings is 1. The lowest BCUT2D eigenvalue weighted by molar-refractivity contribution is 0.335. The number of hydrogen-bond donors (Lipinski definition) is 0. The Bertz CT molecular complexity index is 432. The van der Waals surface area contributed by atoms with E-state index in [-0.39, 0.29) is 0 Å². The van der Waals surface area contributed by atoms with Crippen molar-refractivity contribution >= 4 is 31.7 Å². The monoisotopic (exact) mass is 252 g/mol. The maximum absolute atomic E-state index is 6.28. The van der Waals surface area contributed by atoms with Gasteiger partial charge in [0.25, 0.3) is 0 Å². The molecule has 2 heteroatoms. The van der Waals surface area contributed by atoms with Crippen molar-refractivity contribution in [1.29, 1.82) is 0 Å². The molecule has 0 heterocycles. The predicted molar refractivity (Wildman–Crippen MR) is 76.4 cm³/mol. The SMILES string of the molecule is CC1(C)CC=C(c2ccc(P)cc2Cl)CC1. The average Bonchev–Trinajstić information content (AvgIpc) is 2.19. The van der Waals surface area contributed by atoms with E-state index in [4.69, 9.17) is 11.6 Å². The predicted octanol–water partition coefficient (Wildman–Crippen LogP) is 4.43. The second-order valence-electron chi connectivity index (χ2n) is 5.34. The first kappa shape index (κ1) is 12.1. The van der Waals surface area contributed by atoms with Crippen LogP contribution in [0.25, 0.3) is 5.57 Å². The Balaban J connectivity index is 2.29. The quantitative estimate of drug-likeness (QED) is 0.649. The lowest BCUT2D eigenvalue weighted by atomic mass is 9.77. The van der Waals surface area contributed by atoms with Gasteiger partial charge in [0.1, 0.15) is 0 Å². The molecule has 0 spiro atoms. The van der Waals surface area contributed by atoms with E-state index in [1.807, 2.05) is 6.07 Å². The summed E-state index contributed by atoms with van der Waals surface area (Å²) < 4.78 is 0. The van der Waals surface area contributed by atoms with Gasteiger partial charge in [-0.2, -0.15) is 0 Å². The Labute approximate surface area is 105 Å². The van der Waals surface area contributed by atoms with Gasteiger partial charge in [0.2, 0.25) is 0 Å². The molecule has 0 N–H and O–H groups in total. The molecule has 0 saturated heterocycles. The Morgan fingerprint density at radius 3 is 2.62 bits per heavy atom. The Kier molecular flexibility index (Phi) is 3.42. The van der Waals surface area contributed by atoms with Crippen LogP contribution in [0.1, 0.15) is 38.7 Å². The van der Waals surface area contributed by atoms with Crippen molar-refractivity contribution in [3.63, 3.8) is 0 Å². The molecule has 2 rings (SSSR count). The molecule has 0 aliphatic heterocycles. The molecule has 1 aliphatic rings. The van der Waals surface area contributed by atoms with Crippen LogP contribution in [0.3, 0.4) is 0 Å². The van der Waals surface area contributed by atoms with Crippen molar-refractivity contribution < 1.29 is 0 Å². The van der Waals surface area contributed by atoms with Gasteiger partial charge in [-0.3, -0.25) is 0 Å². The molecule has 86 valence electrons. The lowest BCUT2D eigenvalue weighted by Crippen LogP contribution is -2.14. The highest BCUT2D eigenvalue weighted by molar-refractivity contribution is 7.27. The van der Waals surface area contributed by atoms with Gasteiger partial charge in [0.15, 0.2) is 0 Å². The zero-order chi connectivity index (χ0) is 11.8. The third-order valence-electron chi connectivity index (χ3n) is 3.31. The van der Waals surface area contributed by atoms with Gasteiger partial charge in [0, 0.05) is 5.02 Å². The summed E-state index contributed by atoms with van der Waals surface area (Å²) in [5.74, 6) is 0. The topological polar surface area (TPSA) is 0 Å². The molecule has 1 aromatic carbocycles. The van der Waals surface area contributed by atoms with Crippen LogP contribution in [0, 0.1) is 5.41 Å². The normalized spacial score (nSPS) is 19.4. The minimum absolute atomic E-state index is 0.455. The lowest BCUT2D eigenvalue weighted by Gasteiger charge is -2.29. The summed E-state index contributed by atoms with van der Waals surface area (Å²) >= 11 is 6.28. The zero-order valence-electron chi connectivity index (χ0n) is 9.89. The van der Waals surface area contributed by atoms with E-state index < -0.39 is 0 Å². The van der Waals surface area contributed by atoms with Crippen LogP contribution in [0.5, 0.6) is 0 Å². The van der Waals surface area contributed by atoms with Crippen molar-refractivity contribution in [2.75, 3.05) is 0 Å². The highest BCUT2D eigenvalue weighted by atomic mass is 35.5. The van der Waals surface area contributed by atoms with Crippen molar-refractivity contribution in [2.24, 2.45) is 5.41 Å². The van der Waals surface area contributed by atoms with Gasteiger partial charge in [-0.1, -0.05) is 43.7 Å². The maximum atomic E-state index is 6.28. The Hall–Kier alpha value is -0.320. The fourth-order valence-corrected chi connectivity index (χ4v) is 2.79. The highest BCUT2D eigenvalue weighted by Gasteiger charge is 2.22. The fourth-order valence-electron chi connectivity index (χ4n) is 2.11. The Morgan fingerprint density at radius 1 is 1.31 bits per heavy atom. The second-order valence-corrected chi connectivity index (χ2v) is 6.41. The van der Waals surface area contributed by atoms with Gasteiger partial charge in [0.05, 0.1) is 0 Å². The van der Waals surface area contributed by atoms with E-state index in [2.05, 4.69) is 41.3 Å². The van der Waals surface area contributed by atoms with Crippen LogP contribution in [-0.4, -0.2) is 0 Å². The van der Waals surface area contributed by atoms with Crippen LogP contribution in [0.2, 0.25) is 5.02 Å². The van der Waals surface area contributed by atoms with E-state index >= 15 is 0 Å². The standard InChI is InChI=1S/C14H18ClP/c1-14(2)7-5-10(6-8-14)12-4-3-11(16)9-13(12)15/h3-5,9H,6-8,16H2,1-2H3. The molecular formula is C14H18ClP. The summed E-state index contributed by atoms with van der Waals surface area (Å²) in [5, 5.41) is 2.02. The minimum atomic E-state index is 0.455. The Morgan fingerprint density at radius 2 is 2.06 bits per heavy atom. The zero-order valence-corrected chi connectivity index (χ0v) is 11.8. The van der Waals surface area contributed by atoms with Crippen LogP contribution < -0.4 is 5.30 Å². The van der Waals surface area contributed by atoms with Gasteiger partial charge in [-0.25, -0.2) is 0 Å². The van der Waals surface area contributed by atoms with Crippen molar-refractivity contribution in [1.82, 2.24) is 0 Å². The largest absolute Gasteiger partial charge is 0.106 e. The first-order chi connectivity index (χ1) is 7.48. The molecule has 1 aromatic rings. The number of halogens is 1. The van der Waals surface area contributed by atoms with E-state index in [0.717, 1.165) is 23.2 Å². The average molecular weight is 253 g/mol. The minimum Gasteiger partial charge on any atom is -0.106 e. The van der Waals surface area contributed by atoms with Gasteiger partial charge < -0.3 is 0 Å². The van der Waals surface area contributed by atoms with Crippen molar-refractivity contribution in [3.05, 3.63) is 34.9 Å². The highest BCUT2D eigenvalue weighted by Crippen LogP contribution is 2.39. The fraction of sp³-hybridized carbons (Fsp3) is 0.429. The molecule has 0 radical (unpaired) electrons. The molecule has 0 fully saturated rings. The van der Waals surface area contributed by atoms with E-state index in [9.17, 15) is 0 Å². The molecule has 0 nitrogen and oxygen atoms in total. The molecule has 0 saturated carbocycles. The number of rotatable bonds is 1. The van der Waals surface area contributed by atoms with Crippen molar-refractivity contribution in [2.45, 2.75) is 33.1 Å². The number of hydrogen-bond acceptors (Lipinski definition) is 0. The molecule has 1 unspecified atom stereocenters. The first-order valence-electron chi connectivity index (χ1n) is 5.72. The summed E-state index contributed by atoms with van der Waals surface area (Å²) in [6, 6.07) is 6.25. The van der Waals surface area contributed by atoms with Crippen LogP contribution in [-0.2, 0) is 0 Å². The molecule has 1 aliphatic carbocycles. The second kappa shape index (κ2) is 4.51. The summed E-state index contributed by atoms with van der Waals surface area (Å²) in [4.78, 5) is 0. The van der Waals surface area contributed by atoms with Crippen LogP contribution in [0.4, 0.5) is 0 Å².